The van der Waals surface area contributed by atoms with E-state index in [0.29, 0.717) is 35.5 Å². The van der Waals surface area contributed by atoms with Crippen LogP contribution in [-0.4, -0.2) is 5.71 Å². The van der Waals surface area contributed by atoms with Gasteiger partial charge in [0.05, 0.1) is 5.69 Å². The largest absolute Gasteiger partial charge is 0.358 e. The van der Waals surface area contributed by atoms with E-state index in [-0.39, 0.29) is 10.8 Å². The van der Waals surface area contributed by atoms with Gasteiger partial charge >= 0.3 is 0 Å². The highest BCUT2D eigenvalue weighted by Crippen LogP contribution is 2.41. The fraction of sp³-hybridized carbons (Fsp3) is 0.634. The lowest BCUT2D eigenvalue weighted by Crippen LogP contribution is -2.25. The topological polar surface area (TPSA) is 24.4 Å². The molecule has 0 saturated heterocycles. The first-order valence-electron chi connectivity index (χ1n) is 17.0. The van der Waals surface area contributed by atoms with Gasteiger partial charge in [0.2, 0.25) is 0 Å². The predicted octanol–water partition coefficient (Wildman–Crippen LogP) is 13.6. The van der Waals surface area contributed by atoms with E-state index in [1.165, 1.54) is 44.8 Å². The molecular formula is C41H66N2. The molecule has 0 aromatic heterocycles. The first-order valence-corrected chi connectivity index (χ1v) is 17.0. The van der Waals surface area contributed by atoms with Crippen LogP contribution in [0.25, 0.3) is 0 Å². The number of hydrogen-bond donors (Lipinski definition) is 1. The van der Waals surface area contributed by atoms with Crippen LogP contribution in [0, 0.1) is 10.8 Å². The molecule has 0 spiro atoms. The Morgan fingerprint density at radius 3 is 1.16 bits per heavy atom. The van der Waals surface area contributed by atoms with Crippen molar-refractivity contribution in [1.82, 2.24) is 0 Å². The third-order valence-electron chi connectivity index (χ3n) is 8.58. The standard InChI is InChI=1S/C41H66N2/c1-24(2)30-19-32(26(5)6)38(33(20-30)27(7)8)42-36(40(13,14)15)23-37(41(16,17)18)43-39-34(28(9)10)21-31(25(3)4)22-35(39)29(11)12/h19-29,42H,1-18H3/b36-23+,43-37?. The molecule has 0 bridgehead atoms. The highest BCUT2D eigenvalue weighted by atomic mass is 14.9. The van der Waals surface area contributed by atoms with E-state index in [1.807, 2.05) is 0 Å². The van der Waals surface area contributed by atoms with Crippen LogP contribution in [0.3, 0.4) is 0 Å². The minimum absolute atomic E-state index is 0.103. The highest BCUT2D eigenvalue weighted by Gasteiger charge is 2.27. The third kappa shape index (κ3) is 9.32. The van der Waals surface area contributed by atoms with Crippen LogP contribution in [0.5, 0.6) is 0 Å². The maximum atomic E-state index is 5.62. The van der Waals surface area contributed by atoms with Crippen LogP contribution in [0.1, 0.15) is 194 Å². The van der Waals surface area contributed by atoms with Gasteiger partial charge in [-0.2, -0.15) is 0 Å². The molecule has 1 N–H and O–H groups in total. The Bertz CT molecular complexity index is 1240. The molecule has 0 aliphatic rings. The SMILES string of the molecule is CC(C)c1cc(C(C)C)c(N=C(/C=C(/Nc2c(C(C)C)cc(C(C)C)cc2C(C)C)C(C)(C)C)C(C)(C)C)c(C(C)C)c1. The van der Waals surface area contributed by atoms with Gasteiger partial charge in [0.15, 0.2) is 0 Å². The van der Waals surface area contributed by atoms with Crippen LogP contribution < -0.4 is 5.32 Å². The van der Waals surface area contributed by atoms with E-state index in [9.17, 15) is 0 Å². The minimum atomic E-state index is -0.138. The fourth-order valence-electron chi connectivity index (χ4n) is 5.40. The molecule has 0 saturated carbocycles. The minimum Gasteiger partial charge on any atom is -0.358 e. The normalized spacial score (nSPS) is 14.0. The molecule has 2 aromatic rings. The van der Waals surface area contributed by atoms with E-state index >= 15 is 0 Å². The molecule has 2 heteroatoms. The number of aliphatic imine (C=N–C) groups is 1. The molecule has 2 aromatic carbocycles. The van der Waals surface area contributed by atoms with E-state index in [4.69, 9.17) is 4.99 Å². The second-order valence-electron chi connectivity index (χ2n) is 16.7. The Balaban J connectivity index is 2.98. The molecule has 0 unspecified atom stereocenters. The van der Waals surface area contributed by atoms with Crippen LogP contribution >= 0.6 is 0 Å². The smallest absolute Gasteiger partial charge is 0.0702 e. The lowest BCUT2D eigenvalue weighted by molar-refractivity contribution is 0.506. The van der Waals surface area contributed by atoms with Gasteiger partial charge in [-0.3, -0.25) is 4.99 Å². The molecule has 2 nitrogen and oxygen atoms in total. The van der Waals surface area contributed by atoms with E-state index in [2.05, 4.69) is 160 Å². The Labute approximate surface area is 267 Å². The number of allylic oxidation sites excluding steroid dienone is 2. The summed E-state index contributed by atoms with van der Waals surface area (Å²) in [4.78, 5) is 5.62. The Morgan fingerprint density at radius 2 is 0.884 bits per heavy atom. The lowest BCUT2D eigenvalue weighted by atomic mass is 9.83. The molecule has 0 aliphatic carbocycles. The van der Waals surface area contributed by atoms with Gasteiger partial charge in [-0.1, -0.05) is 149 Å². The first kappa shape index (κ1) is 36.8. The van der Waals surface area contributed by atoms with Gasteiger partial charge in [0, 0.05) is 27.9 Å². The molecule has 43 heavy (non-hydrogen) atoms. The highest BCUT2D eigenvalue weighted by molar-refractivity contribution is 6.02. The van der Waals surface area contributed by atoms with Crippen LogP contribution in [-0.2, 0) is 0 Å². The maximum Gasteiger partial charge on any atom is 0.0702 e. The first-order chi connectivity index (χ1) is 19.6. The van der Waals surface area contributed by atoms with Gasteiger partial charge in [0.1, 0.15) is 0 Å². The van der Waals surface area contributed by atoms with Crippen molar-refractivity contribution in [2.75, 3.05) is 5.32 Å². The molecule has 0 amide bonds. The molecule has 0 atom stereocenters. The number of nitrogens with one attached hydrogen (secondary N) is 1. The maximum absolute atomic E-state index is 5.62. The molecule has 240 valence electrons. The zero-order valence-electron chi connectivity index (χ0n) is 31.3. The summed E-state index contributed by atoms with van der Waals surface area (Å²) in [6.45, 7) is 41.5. The second-order valence-corrected chi connectivity index (χ2v) is 16.7. The third-order valence-corrected chi connectivity index (χ3v) is 8.58. The van der Waals surface area contributed by atoms with E-state index in [1.54, 1.807) is 0 Å². The molecule has 0 radical (unpaired) electrons. The van der Waals surface area contributed by atoms with Crippen molar-refractivity contribution in [1.29, 1.82) is 0 Å². The number of hydrogen-bond acceptors (Lipinski definition) is 2. The zero-order chi connectivity index (χ0) is 33.2. The summed E-state index contributed by atoms with van der Waals surface area (Å²) >= 11 is 0. The summed E-state index contributed by atoms with van der Waals surface area (Å²) < 4.78 is 0. The summed E-state index contributed by atoms with van der Waals surface area (Å²) in [6.07, 6.45) is 2.37. The summed E-state index contributed by atoms with van der Waals surface area (Å²) in [5, 5.41) is 4.05. The molecule has 0 fully saturated rings. The van der Waals surface area contributed by atoms with Crippen molar-refractivity contribution in [3.05, 3.63) is 69.4 Å². The fourth-order valence-corrected chi connectivity index (χ4v) is 5.40. The summed E-state index contributed by atoms with van der Waals surface area (Å²) in [6, 6.07) is 9.69. The Kier molecular flexibility index (Phi) is 12.1. The van der Waals surface area contributed by atoms with Crippen molar-refractivity contribution < 1.29 is 0 Å². The molecule has 0 heterocycles. The van der Waals surface area contributed by atoms with Crippen molar-refractivity contribution in [2.45, 2.75) is 160 Å². The summed E-state index contributed by atoms with van der Waals surface area (Å²) in [7, 11) is 0. The zero-order valence-corrected chi connectivity index (χ0v) is 31.3. The van der Waals surface area contributed by atoms with Crippen molar-refractivity contribution in [3.63, 3.8) is 0 Å². The quantitative estimate of drug-likeness (QED) is 0.275. The van der Waals surface area contributed by atoms with Crippen molar-refractivity contribution in [2.24, 2.45) is 15.8 Å². The lowest BCUT2D eigenvalue weighted by Gasteiger charge is -2.31. The van der Waals surface area contributed by atoms with Crippen LogP contribution in [0.2, 0.25) is 0 Å². The van der Waals surface area contributed by atoms with Gasteiger partial charge in [0.25, 0.3) is 0 Å². The average Bonchev–Trinajstić information content (AvgIpc) is 2.85. The molecule has 2 rings (SSSR count). The number of rotatable bonds is 10. The number of nitrogens with zero attached hydrogens (tertiary/aromatic N) is 1. The second kappa shape index (κ2) is 14.2. The summed E-state index contributed by atoms with van der Waals surface area (Å²) in [5.41, 5.74) is 12.8. The average molecular weight is 587 g/mol. The van der Waals surface area contributed by atoms with E-state index in [0.717, 1.165) is 11.4 Å². The monoisotopic (exact) mass is 587 g/mol. The van der Waals surface area contributed by atoms with Crippen LogP contribution in [0.4, 0.5) is 11.4 Å². The van der Waals surface area contributed by atoms with Gasteiger partial charge in [-0.05, 0) is 75.0 Å². The molecule has 0 aliphatic heterocycles. The Hall–Kier alpha value is -2.35. The van der Waals surface area contributed by atoms with Gasteiger partial charge in [-0.25, -0.2) is 0 Å². The van der Waals surface area contributed by atoms with Gasteiger partial charge < -0.3 is 5.32 Å². The van der Waals surface area contributed by atoms with Crippen molar-refractivity contribution in [3.8, 4) is 0 Å². The van der Waals surface area contributed by atoms with Gasteiger partial charge in [-0.15, -0.1) is 0 Å². The number of anilines is 1. The number of benzene rings is 2. The predicted molar refractivity (Wildman–Crippen MR) is 195 cm³/mol. The van der Waals surface area contributed by atoms with Crippen molar-refractivity contribution >= 4 is 17.1 Å². The Morgan fingerprint density at radius 1 is 0.535 bits per heavy atom. The molecular weight excluding hydrogens is 520 g/mol. The summed E-state index contributed by atoms with van der Waals surface area (Å²) in [5.74, 6) is 2.59. The van der Waals surface area contributed by atoms with Crippen LogP contribution in [0.15, 0.2) is 41.0 Å². The van der Waals surface area contributed by atoms with E-state index < -0.39 is 0 Å².